The van der Waals surface area contributed by atoms with E-state index in [1.54, 1.807) is 0 Å². The van der Waals surface area contributed by atoms with E-state index in [2.05, 4.69) is 21.2 Å². The molecule has 0 saturated carbocycles. The van der Waals surface area contributed by atoms with E-state index in [0.29, 0.717) is 11.4 Å². The molecule has 0 radical (unpaired) electrons. The SMILES string of the molecule is CC(C)(N)CNC(=O)c1sccc1Br.Cl. The van der Waals surface area contributed by atoms with E-state index in [0.717, 1.165) is 4.47 Å². The molecule has 15 heavy (non-hydrogen) atoms. The number of halogens is 2. The summed E-state index contributed by atoms with van der Waals surface area (Å²) in [6.07, 6.45) is 0. The van der Waals surface area contributed by atoms with Gasteiger partial charge in [-0.15, -0.1) is 23.7 Å². The minimum atomic E-state index is -0.376. The molecule has 1 amide bonds. The van der Waals surface area contributed by atoms with E-state index in [1.165, 1.54) is 11.3 Å². The van der Waals surface area contributed by atoms with Crippen LogP contribution in [-0.4, -0.2) is 18.0 Å². The van der Waals surface area contributed by atoms with Crippen LogP contribution in [0.25, 0.3) is 0 Å². The molecule has 0 unspecified atom stereocenters. The molecule has 0 aliphatic rings. The zero-order valence-corrected chi connectivity index (χ0v) is 11.8. The third kappa shape index (κ3) is 4.97. The number of nitrogens with one attached hydrogen (secondary N) is 1. The Morgan fingerprint density at radius 2 is 2.27 bits per heavy atom. The number of carbonyl (C=O) groups excluding carboxylic acids is 1. The number of hydrogen-bond acceptors (Lipinski definition) is 3. The van der Waals surface area contributed by atoms with Gasteiger partial charge >= 0.3 is 0 Å². The summed E-state index contributed by atoms with van der Waals surface area (Å²) in [6, 6.07) is 1.85. The van der Waals surface area contributed by atoms with E-state index in [-0.39, 0.29) is 23.9 Å². The Kier molecular flexibility index (Phi) is 5.80. The lowest BCUT2D eigenvalue weighted by Crippen LogP contribution is -2.45. The molecular weight excluding hydrogens is 300 g/mol. The van der Waals surface area contributed by atoms with Gasteiger partial charge in [-0.1, -0.05) is 0 Å². The van der Waals surface area contributed by atoms with Gasteiger partial charge in [0, 0.05) is 16.6 Å². The second-order valence-electron chi connectivity index (χ2n) is 3.77. The first-order valence-electron chi connectivity index (χ1n) is 4.20. The Hall–Kier alpha value is -0.100. The number of thiophene rings is 1. The second-order valence-corrected chi connectivity index (χ2v) is 5.54. The van der Waals surface area contributed by atoms with Crippen LogP contribution in [0.4, 0.5) is 0 Å². The molecule has 3 nitrogen and oxygen atoms in total. The van der Waals surface area contributed by atoms with E-state index in [4.69, 9.17) is 5.73 Å². The van der Waals surface area contributed by atoms with Crippen molar-refractivity contribution in [3.8, 4) is 0 Å². The maximum Gasteiger partial charge on any atom is 0.262 e. The van der Waals surface area contributed by atoms with Crippen LogP contribution in [0.5, 0.6) is 0 Å². The van der Waals surface area contributed by atoms with Crippen molar-refractivity contribution in [2.24, 2.45) is 5.73 Å². The fraction of sp³-hybridized carbons (Fsp3) is 0.444. The van der Waals surface area contributed by atoms with E-state index in [9.17, 15) is 4.79 Å². The maximum absolute atomic E-state index is 11.6. The Bertz CT molecular complexity index is 335. The topological polar surface area (TPSA) is 55.1 Å². The Morgan fingerprint density at radius 3 is 2.67 bits per heavy atom. The molecule has 0 aliphatic carbocycles. The van der Waals surface area contributed by atoms with Gasteiger partial charge in [0.15, 0.2) is 0 Å². The molecule has 86 valence electrons. The Balaban J connectivity index is 0.00000196. The number of hydrogen-bond donors (Lipinski definition) is 2. The average molecular weight is 314 g/mol. The van der Waals surface area contributed by atoms with Crippen LogP contribution in [0.3, 0.4) is 0 Å². The molecule has 0 fully saturated rings. The summed E-state index contributed by atoms with van der Waals surface area (Å²) >= 11 is 4.71. The van der Waals surface area contributed by atoms with Gasteiger partial charge in [-0.3, -0.25) is 4.79 Å². The largest absolute Gasteiger partial charge is 0.349 e. The van der Waals surface area contributed by atoms with Gasteiger partial charge in [0.25, 0.3) is 5.91 Å². The monoisotopic (exact) mass is 312 g/mol. The Morgan fingerprint density at radius 1 is 1.67 bits per heavy atom. The van der Waals surface area contributed by atoms with Gasteiger partial charge in [-0.05, 0) is 41.2 Å². The Labute approximate surface area is 108 Å². The fourth-order valence-corrected chi connectivity index (χ4v) is 2.31. The van der Waals surface area contributed by atoms with Crippen LogP contribution in [0.2, 0.25) is 0 Å². The van der Waals surface area contributed by atoms with Gasteiger partial charge in [0.1, 0.15) is 4.88 Å². The van der Waals surface area contributed by atoms with Crippen LogP contribution in [0.1, 0.15) is 23.5 Å². The molecule has 0 saturated heterocycles. The summed E-state index contributed by atoms with van der Waals surface area (Å²) in [5.41, 5.74) is 5.38. The van der Waals surface area contributed by atoms with Crippen molar-refractivity contribution in [3.05, 3.63) is 20.8 Å². The van der Waals surface area contributed by atoms with Gasteiger partial charge in [-0.2, -0.15) is 0 Å². The molecule has 3 N–H and O–H groups in total. The predicted molar refractivity (Wildman–Crippen MR) is 69.9 cm³/mol. The van der Waals surface area contributed by atoms with Crippen molar-refractivity contribution < 1.29 is 4.79 Å². The predicted octanol–water partition coefficient (Wildman–Crippen LogP) is 2.40. The molecule has 0 atom stereocenters. The third-order valence-electron chi connectivity index (χ3n) is 1.53. The summed E-state index contributed by atoms with van der Waals surface area (Å²) in [5.74, 6) is -0.0783. The molecule has 1 rings (SSSR count). The van der Waals surface area contributed by atoms with Crippen molar-refractivity contribution >= 4 is 45.6 Å². The lowest BCUT2D eigenvalue weighted by molar-refractivity contribution is 0.0949. The molecular formula is C9H14BrClN2OS. The maximum atomic E-state index is 11.6. The standard InChI is InChI=1S/C9H13BrN2OS.ClH/c1-9(2,11)5-12-8(13)7-6(10)3-4-14-7;/h3-4H,5,11H2,1-2H3,(H,12,13);1H. The van der Waals surface area contributed by atoms with Gasteiger partial charge in [0.05, 0.1) is 0 Å². The zero-order valence-electron chi connectivity index (χ0n) is 8.54. The molecule has 1 aromatic heterocycles. The van der Waals surface area contributed by atoms with Crippen LogP contribution >= 0.6 is 39.7 Å². The van der Waals surface area contributed by atoms with Crippen molar-refractivity contribution in [2.45, 2.75) is 19.4 Å². The number of rotatable bonds is 3. The highest BCUT2D eigenvalue weighted by molar-refractivity contribution is 9.10. The third-order valence-corrected chi connectivity index (χ3v) is 3.36. The van der Waals surface area contributed by atoms with Crippen LogP contribution in [0, 0.1) is 0 Å². The minimum Gasteiger partial charge on any atom is -0.349 e. The van der Waals surface area contributed by atoms with Crippen LogP contribution < -0.4 is 11.1 Å². The molecule has 1 heterocycles. The molecule has 0 bridgehead atoms. The molecule has 1 aromatic rings. The minimum absolute atomic E-state index is 0. The quantitative estimate of drug-likeness (QED) is 0.900. The van der Waals surface area contributed by atoms with Crippen molar-refractivity contribution in [2.75, 3.05) is 6.54 Å². The highest BCUT2D eigenvalue weighted by Gasteiger charge is 2.15. The number of amides is 1. The molecule has 6 heteroatoms. The van der Waals surface area contributed by atoms with Gasteiger partial charge < -0.3 is 11.1 Å². The number of carbonyl (C=O) groups is 1. The second kappa shape index (κ2) is 5.84. The smallest absolute Gasteiger partial charge is 0.262 e. The van der Waals surface area contributed by atoms with Gasteiger partial charge in [0.2, 0.25) is 0 Å². The summed E-state index contributed by atoms with van der Waals surface area (Å²) in [7, 11) is 0. The summed E-state index contributed by atoms with van der Waals surface area (Å²) in [5, 5.41) is 4.65. The summed E-state index contributed by atoms with van der Waals surface area (Å²) in [4.78, 5) is 12.3. The average Bonchev–Trinajstić information content (AvgIpc) is 2.46. The molecule has 0 spiro atoms. The highest BCUT2D eigenvalue weighted by Crippen LogP contribution is 2.22. The van der Waals surface area contributed by atoms with Crippen molar-refractivity contribution in [3.63, 3.8) is 0 Å². The fourth-order valence-electron chi connectivity index (χ4n) is 0.844. The first-order valence-corrected chi connectivity index (χ1v) is 5.87. The van der Waals surface area contributed by atoms with Crippen LogP contribution in [-0.2, 0) is 0 Å². The summed E-state index contributed by atoms with van der Waals surface area (Å²) < 4.78 is 0.829. The van der Waals surface area contributed by atoms with Crippen LogP contribution in [0.15, 0.2) is 15.9 Å². The van der Waals surface area contributed by atoms with E-state index < -0.39 is 0 Å². The first kappa shape index (κ1) is 14.9. The zero-order chi connectivity index (χ0) is 10.8. The highest BCUT2D eigenvalue weighted by atomic mass is 79.9. The van der Waals surface area contributed by atoms with Crippen molar-refractivity contribution in [1.82, 2.24) is 5.32 Å². The summed E-state index contributed by atoms with van der Waals surface area (Å²) in [6.45, 7) is 4.21. The van der Waals surface area contributed by atoms with E-state index >= 15 is 0 Å². The molecule has 0 aliphatic heterocycles. The molecule has 0 aromatic carbocycles. The van der Waals surface area contributed by atoms with Gasteiger partial charge in [-0.25, -0.2) is 0 Å². The lowest BCUT2D eigenvalue weighted by Gasteiger charge is -2.18. The first-order chi connectivity index (χ1) is 6.40. The lowest BCUT2D eigenvalue weighted by atomic mass is 10.1. The van der Waals surface area contributed by atoms with Crippen molar-refractivity contribution in [1.29, 1.82) is 0 Å². The normalized spacial score (nSPS) is 10.7. The number of nitrogens with two attached hydrogens (primary N) is 1. The van der Waals surface area contributed by atoms with E-state index in [1.807, 2.05) is 25.3 Å².